The van der Waals surface area contributed by atoms with E-state index in [2.05, 4.69) is 24.0 Å². The van der Waals surface area contributed by atoms with Crippen molar-refractivity contribution < 1.29 is 19.3 Å². The Kier molecular flexibility index (Phi) is 3.51. The molecular formula is C17H23NO4. The van der Waals surface area contributed by atoms with E-state index >= 15 is 0 Å². The standard InChI is InChI=1S/C17H23NO4/c1-12-4-15-16(22-11-21-15)5-13(12)6-18-7-14-2-3-20-10-17(14,8-18)9-19/h4-5,14,19H,2-3,6-11H2,1H3/t14-,17+/m0/s1. The van der Waals surface area contributed by atoms with Gasteiger partial charge in [-0.2, -0.15) is 0 Å². The number of nitrogens with zero attached hydrogens (tertiary/aromatic N) is 1. The Balaban J connectivity index is 1.53. The normalized spacial score (nSPS) is 30.5. The summed E-state index contributed by atoms with van der Waals surface area (Å²) in [4.78, 5) is 2.44. The van der Waals surface area contributed by atoms with Crippen LogP contribution in [0.25, 0.3) is 0 Å². The Morgan fingerprint density at radius 1 is 1.32 bits per heavy atom. The number of aryl methyl sites for hydroxylation is 1. The molecule has 0 radical (unpaired) electrons. The van der Waals surface area contributed by atoms with Gasteiger partial charge >= 0.3 is 0 Å². The minimum Gasteiger partial charge on any atom is -0.454 e. The number of ether oxygens (including phenoxy) is 3. The van der Waals surface area contributed by atoms with Crippen molar-refractivity contribution in [2.45, 2.75) is 19.9 Å². The Morgan fingerprint density at radius 2 is 2.14 bits per heavy atom. The van der Waals surface area contributed by atoms with Gasteiger partial charge in [0.1, 0.15) is 0 Å². The molecule has 1 aromatic rings. The summed E-state index contributed by atoms with van der Waals surface area (Å²) in [5.74, 6) is 2.23. The summed E-state index contributed by atoms with van der Waals surface area (Å²) in [6.07, 6.45) is 1.05. The maximum atomic E-state index is 9.87. The topological polar surface area (TPSA) is 51.2 Å². The molecule has 0 aliphatic carbocycles. The summed E-state index contributed by atoms with van der Waals surface area (Å²) in [6, 6.07) is 4.16. The second kappa shape index (κ2) is 5.41. The monoisotopic (exact) mass is 305 g/mol. The maximum Gasteiger partial charge on any atom is 0.231 e. The van der Waals surface area contributed by atoms with Crippen molar-refractivity contribution >= 4 is 0 Å². The van der Waals surface area contributed by atoms with E-state index in [0.717, 1.165) is 44.2 Å². The van der Waals surface area contributed by atoms with Gasteiger partial charge in [-0.25, -0.2) is 0 Å². The first-order chi connectivity index (χ1) is 10.7. The third-order valence-corrected chi connectivity index (χ3v) is 5.42. The SMILES string of the molecule is Cc1cc2c(cc1CN1C[C@@H]3CCOC[C@]3(CO)C1)OCO2. The molecule has 3 heterocycles. The van der Waals surface area contributed by atoms with E-state index in [1.54, 1.807) is 0 Å². The zero-order valence-corrected chi connectivity index (χ0v) is 13.0. The van der Waals surface area contributed by atoms with Gasteiger partial charge in [0.05, 0.1) is 13.2 Å². The number of fused-ring (bicyclic) bond motifs is 2. The molecule has 22 heavy (non-hydrogen) atoms. The van der Waals surface area contributed by atoms with E-state index in [0.29, 0.717) is 19.3 Å². The second-order valence-electron chi connectivity index (χ2n) is 6.86. The van der Waals surface area contributed by atoms with Gasteiger partial charge in [0.2, 0.25) is 6.79 Å². The quantitative estimate of drug-likeness (QED) is 0.918. The van der Waals surface area contributed by atoms with Gasteiger partial charge in [0, 0.05) is 31.7 Å². The average molecular weight is 305 g/mol. The van der Waals surface area contributed by atoms with Crippen molar-refractivity contribution in [3.8, 4) is 11.5 Å². The van der Waals surface area contributed by atoms with E-state index in [1.165, 1.54) is 11.1 Å². The van der Waals surface area contributed by atoms with Gasteiger partial charge in [-0.3, -0.25) is 4.90 Å². The van der Waals surface area contributed by atoms with Crippen LogP contribution >= 0.6 is 0 Å². The van der Waals surface area contributed by atoms with Crippen LogP contribution in [0.2, 0.25) is 0 Å². The van der Waals surface area contributed by atoms with Gasteiger partial charge < -0.3 is 19.3 Å². The Morgan fingerprint density at radius 3 is 2.91 bits per heavy atom. The van der Waals surface area contributed by atoms with E-state index in [9.17, 15) is 5.11 Å². The molecule has 0 unspecified atom stereocenters. The highest BCUT2D eigenvalue weighted by molar-refractivity contribution is 5.48. The number of aliphatic hydroxyl groups excluding tert-OH is 1. The number of rotatable bonds is 3. The van der Waals surface area contributed by atoms with Crippen LogP contribution in [-0.2, 0) is 11.3 Å². The van der Waals surface area contributed by atoms with Crippen LogP contribution in [-0.4, -0.2) is 49.7 Å². The van der Waals surface area contributed by atoms with Crippen LogP contribution in [0.4, 0.5) is 0 Å². The van der Waals surface area contributed by atoms with Crippen LogP contribution in [0.5, 0.6) is 11.5 Å². The lowest BCUT2D eigenvalue weighted by Gasteiger charge is -2.36. The summed E-state index contributed by atoms with van der Waals surface area (Å²) in [5.41, 5.74) is 2.44. The highest BCUT2D eigenvalue weighted by Gasteiger charge is 2.48. The highest BCUT2D eigenvalue weighted by atomic mass is 16.7. The second-order valence-corrected chi connectivity index (χ2v) is 6.86. The smallest absolute Gasteiger partial charge is 0.231 e. The zero-order valence-electron chi connectivity index (χ0n) is 13.0. The van der Waals surface area contributed by atoms with E-state index in [1.807, 2.05) is 0 Å². The van der Waals surface area contributed by atoms with Crippen molar-refractivity contribution in [1.29, 1.82) is 0 Å². The molecule has 0 aromatic heterocycles. The Labute approximate surface area is 130 Å². The number of aliphatic hydroxyl groups is 1. The number of hydrogen-bond acceptors (Lipinski definition) is 5. The van der Waals surface area contributed by atoms with E-state index in [4.69, 9.17) is 14.2 Å². The lowest BCUT2D eigenvalue weighted by Crippen LogP contribution is -2.42. The molecule has 3 aliphatic rings. The fourth-order valence-corrected chi connectivity index (χ4v) is 4.05. The molecule has 5 heteroatoms. The van der Waals surface area contributed by atoms with Gasteiger partial charge in [-0.15, -0.1) is 0 Å². The van der Waals surface area contributed by atoms with Crippen LogP contribution in [0.15, 0.2) is 12.1 Å². The first-order valence-electron chi connectivity index (χ1n) is 8.00. The molecule has 0 amide bonds. The zero-order chi connectivity index (χ0) is 15.2. The molecule has 120 valence electrons. The summed E-state index contributed by atoms with van der Waals surface area (Å²) in [7, 11) is 0. The molecule has 0 saturated carbocycles. The summed E-state index contributed by atoms with van der Waals surface area (Å²) < 4.78 is 16.6. The Bertz CT molecular complexity index is 576. The lowest BCUT2D eigenvalue weighted by molar-refractivity contribution is -0.0561. The molecular weight excluding hydrogens is 282 g/mol. The molecule has 2 saturated heterocycles. The summed E-state index contributed by atoms with van der Waals surface area (Å²) in [5, 5.41) is 9.87. The first kappa shape index (κ1) is 14.3. The minimum atomic E-state index is -0.0670. The average Bonchev–Trinajstić information content (AvgIpc) is 3.11. The molecule has 1 N–H and O–H groups in total. The molecule has 2 fully saturated rings. The highest BCUT2D eigenvalue weighted by Crippen LogP contribution is 2.42. The van der Waals surface area contributed by atoms with E-state index < -0.39 is 0 Å². The molecule has 2 atom stereocenters. The van der Waals surface area contributed by atoms with Crippen molar-refractivity contribution in [1.82, 2.24) is 4.90 Å². The van der Waals surface area contributed by atoms with Gasteiger partial charge in [0.15, 0.2) is 11.5 Å². The number of hydrogen-bond donors (Lipinski definition) is 1. The molecule has 4 rings (SSSR count). The van der Waals surface area contributed by atoms with Crippen molar-refractivity contribution in [3.63, 3.8) is 0 Å². The first-order valence-corrected chi connectivity index (χ1v) is 8.00. The summed E-state index contributed by atoms with van der Waals surface area (Å²) >= 11 is 0. The van der Waals surface area contributed by atoms with Crippen LogP contribution in [0.1, 0.15) is 17.5 Å². The summed E-state index contributed by atoms with van der Waals surface area (Å²) in [6.45, 7) is 6.99. The van der Waals surface area contributed by atoms with Crippen LogP contribution in [0, 0.1) is 18.3 Å². The largest absolute Gasteiger partial charge is 0.454 e. The van der Waals surface area contributed by atoms with Gasteiger partial charge in [-0.1, -0.05) is 0 Å². The number of likely N-dealkylation sites (tertiary alicyclic amines) is 1. The third-order valence-electron chi connectivity index (χ3n) is 5.42. The molecule has 0 bridgehead atoms. The fourth-order valence-electron chi connectivity index (χ4n) is 4.05. The van der Waals surface area contributed by atoms with Crippen molar-refractivity contribution in [2.24, 2.45) is 11.3 Å². The van der Waals surface area contributed by atoms with Crippen LogP contribution < -0.4 is 9.47 Å². The molecule has 0 spiro atoms. The predicted molar refractivity (Wildman–Crippen MR) is 81.0 cm³/mol. The Hall–Kier alpha value is -1.30. The third kappa shape index (κ3) is 2.28. The molecule has 3 aliphatic heterocycles. The minimum absolute atomic E-state index is 0.0670. The predicted octanol–water partition coefficient (Wildman–Crippen LogP) is 1.55. The van der Waals surface area contributed by atoms with Gasteiger partial charge in [-0.05, 0) is 42.5 Å². The molecule has 5 nitrogen and oxygen atoms in total. The maximum absolute atomic E-state index is 9.87. The van der Waals surface area contributed by atoms with Crippen LogP contribution in [0.3, 0.4) is 0 Å². The fraction of sp³-hybridized carbons (Fsp3) is 0.647. The van der Waals surface area contributed by atoms with Gasteiger partial charge in [0.25, 0.3) is 0 Å². The lowest BCUT2D eigenvalue weighted by atomic mass is 9.76. The van der Waals surface area contributed by atoms with Crippen molar-refractivity contribution in [3.05, 3.63) is 23.3 Å². The molecule has 1 aromatic carbocycles. The van der Waals surface area contributed by atoms with E-state index in [-0.39, 0.29) is 12.0 Å². The van der Waals surface area contributed by atoms with Crippen molar-refractivity contribution in [2.75, 3.05) is 39.7 Å². The number of benzene rings is 1.